The fourth-order valence-electron chi connectivity index (χ4n) is 1.04. The van der Waals surface area contributed by atoms with Crippen molar-refractivity contribution in [2.24, 2.45) is 0 Å². The molecule has 0 aliphatic carbocycles. The van der Waals surface area contributed by atoms with Gasteiger partial charge in [-0.3, -0.25) is 0 Å². The highest BCUT2D eigenvalue weighted by molar-refractivity contribution is 4.75. The lowest BCUT2D eigenvalue weighted by Crippen LogP contribution is -2.29. The van der Waals surface area contributed by atoms with Crippen LogP contribution in [0, 0.1) is 0 Å². The van der Waals surface area contributed by atoms with Gasteiger partial charge in [0.25, 0.3) is 0 Å². The van der Waals surface area contributed by atoms with Gasteiger partial charge in [-0.05, 0) is 13.0 Å². The first kappa shape index (κ1) is 6.05. The average Bonchev–Trinajstić information content (AvgIpc) is 2.19. The number of hydrogen-bond acceptors (Lipinski definition) is 1. The molecule has 1 aliphatic rings. The maximum Gasteiger partial charge on any atom is 0.0288 e. The minimum atomic E-state index is 0.694. The first-order valence-corrected chi connectivity index (χ1v) is 3.30. The molecule has 0 aromatic carbocycles. The second-order valence-corrected chi connectivity index (χ2v) is 2.17. The van der Waals surface area contributed by atoms with Crippen LogP contribution in [0.5, 0.6) is 0 Å². The fourth-order valence-corrected chi connectivity index (χ4v) is 1.04. The number of nitrogens with zero attached hydrogens (tertiary/aromatic N) is 1. The highest BCUT2D eigenvalue weighted by Gasteiger charge is 2.12. The summed E-state index contributed by atoms with van der Waals surface area (Å²) in [4.78, 5) is 0. The van der Waals surface area contributed by atoms with Crippen LogP contribution >= 0.6 is 0 Å². The van der Waals surface area contributed by atoms with E-state index in [2.05, 4.69) is 17.6 Å². The molecule has 1 unspecified atom stereocenters. The highest BCUT2D eigenvalue weighted by atomic mass is 15.0. The summed E-state index contributed by atoms with van der Waals surface area (Å²) in [5, 5.41) is 7.57. The van der Waals surface area contributed by atoms with E-state index in [9.17, 15) is 0 Å². The average molecular weight is 113 g/mol. The van der Waals surface area contributed by atoms with E-state index < -0.39 is 0 Å². The van der Waals surface area contributed by atoms with E-state index in [1.165, 1.54) is 6.42 Å². The van der Waals surface area contributed by atoms with Crippen LogP contribution in [0.25, 0.3) is 0 Å². The van der Waals surface area contributed by atoms with Gasteiger partial charge in [-0.15, -0.1) is 0 Å². The number of likely N-dealkylation sites (N-methyl/N-ethyl adjacent to an activating group) is 1. The van der Waals surface area contributed by atoms with Crippen molar-refractivity contribution >= 4 is 0 Å². The van der Waals surface area contributed by atoms with E-state index in [0.29, 0.717) is 6.04 Å². The van der Waals surface area contributed by atoms with Gasteiger partial charge < -0.3 is 5.32 Å². The zero-order valence-corrected chi connectivity index (χ0v) is 5.35. The monoisotopic (exact) mass is 113 g/mol. The Morgan fingerprint density at radius 3 is 3.12 bits per heavy atom. The van der Waals surface area contributed by atoms with Crippen LogP contribution in [-0.2, 0) is 0 Å². The van der Waals surface area contributed by atoms with Gasteiger partial charge in [-0.25, -0.2) is 5.32 Å². The Kier molecular flexibility index (Phi) is 2.30. The molecule has 1 heterocycles. The topological polar surface area (TPSA) is 26.1 Å². The van der Waals surface area contributed by atoms with Crippen LogP contribution in [0.4, 0.5) is 0 Å². The van der Waals surface area contributed by atoms with Crippen molar-refractivity contribution in [2.45, 2.75) is 19.4 Å². The Balaban J connectivity index is 2.06. The van der Waals surface area contributed by atoms with E-state index in [1.54, 1.807) is 0 Å². The van der Waals surface area contributed by atoms with Gasteiger partial charge >= 0.3 is 0 Å². The predicted octanol–water partition coefficient (Wildman–Crippen LogP) is -0.0274. The van der Waals surface area contributed by atoms with Crippen LogP contribution in [0.2, 0.25) is 0 Å². The summed E-state index contributed by atoms with van der Waals surface area (Å²) in [5.41, 5.74) is 0. The zero-order chi connectivity index (χ0) is 5.82. The van der Waals surface area contributed by atoms with Gasteiger partial charge in [0, 0.05) is 19.1 Å². The SMILES string of the molecule is CCNC1CC[N]C1. The van der Waals surface area contributed by atoms with E-state index in [-0.39, 0.29) is 0 Å². The van der Waals surface area contributed by atoms with E-state index >= 15 is 0 Å². The largest absolute Gasteiger partial charge is 0.313 e. The van der Waals surface area contributed by atoms with Gasteiger partial charge in [-0.1, -0.05) is 6.92 Å². The first-order valence-electron chi connectivity index (χ1n) is 3.30. The molecule has 0 amide bonds. The second-order valence-electron chi connectivity index (χ2n) is 2.17. The summed E-state index contributed by atoms with van der Waals surface area (Å²) in [6.45, 7) is 5.32. The lowest BCUT2D eigenvalue weighted by atomic mass is 10.3. The van der Waals surface area contributed by atoms with Crippen molar-refractivity contribution in [1.82, 2.24) is 10.6 Å². The van der Waals surface area contributed by atoms with Crippen molar-refractivity contribution in [3.8, 4) is 0 Å². The third-order valence-electron chi connectivity index (χ3n) is 1.48. The minimum Gasteiger partial charge on any atom is -0.313 e. The van der Waals surface area contributed by atoms with Gasteiger partial charge in [0.05, 0.1) is 0 Å². The van der Waals surface area contributed by atoms with E-state index in [4.69, 9.17) is 0 Å². The van der Waals surface area contributed by atoms with Gasteiger partial charge in [0.2, 0.25) is 0 Å². The molecule has 0 aromatic rings. The Morgan fingerprint density at radius 1 is 1.75 bits per heavy atom. The molecular weight excluding hydrogens is 100 g/mol. The van der Waals surface area contributed by atoms with Crippen LogP contribution in [0.3, 0.4) is 0 Å². The normalized spacial score (nSPS) is 28.9. The van der Waals surface area contributed by atoms with E-state index in [1.807, 2.05) is 0 Å². The van der Waals surface area contributed by atoms with Gasteiger partial charge in [0.1, 0.15) is 0 Å². The summed E-state index contributed by atoms with van der Waals surface area (Å²) in [5.74, 6) is 0. The fraction of sp³-hybridized carbons (Fsp3) is 1.00. The standard InChI is InChI=1S/C6H13N2/c1-2-8-6-3-4-7-5-6/h6,8H,2-5H2,1H3. The molecule has 1 N–H and O–H groups in total. The number of hydrogen-bond donors (Lipinski definition) is 1. The molecule has 2 nitrogen and oxygen atoms in total. The summed E-state index contributed by atoms with van der Waals surface area (Å²) < 4.78 is 0. The number of rotatable bonds is 2. The summed E-state index contributed by atoms with van der Waals surface area (Å²) in [7, 11) is 0. The third kappa shape index (κ3) is 1.46. The zero-order valence-electron chi connectivity index (χ0n) is 5.35. The lowest BCUT2D eigenvalue weighted by Gasteiger charge is -2.05. The van der Waals surface area contributed by atoms with Crippen LogP contribution in [0.15, 0.2) is 0 Å². The maximum atomic E-state index is 4.22. The molecule has 47 valence electrons. The van der Waals surface area contributed by atoms with Crippen LogP contribution < -0.4 is 10.6 Å². The van der Waals surface area contributed by atoms with Gasteiger partial charge in [-0.2, -0.15) is 0 Å². The molecular formula is C6H13N2. The van der Waals surface area contributed by atoms with Crippen LogP contribution in [-0.4, -0.2) is 25.7 Å². The molecule has 1 rings (SSSR count). The molecule has 2 heteroatoms. The Morgan fingerprint density at radius 2 is 2.62 bits per heavy atom. The maximum absolute atomic E-state index is 4.22. The second kappa shape index (κ2) is 3.05. The molecule has 1 fully saturated rings. The summed E-state index contributed by atoms with van der Waals surface area (Å²) >= 11 is 0. The lowest BCUT2D eigenvalue weighted by molar-refractivity contribution is 0.566. The quantitative estimate of drug-likeness (QED) is 0.535. The Bertz CT molecular complexity index is 57.5. The predicted molar refractivity (Wildman–Crippen MR) is 33.9 cm³/mol. The van der Waals surface area contributed by atoms with Crippen molar-refractivity contribution in [3.63, 3.8) is 0 Å². The van der Waals surface area contributed by atoms with Crippen LogP contribution in [0.1, 0.15) is 13.3 Å². The van der Waals surface area contributed by atoms with E-state index in [0.717, 1.165) is 19.6 Å². The molecule has 0 saturated carbocycles. The van der Waals surface area contributed by atoms with Crippen molar-refractivity contribution < 1.29 is 0 Å². The Labute approximate surface area is 50.7 Å². The Hall–Kier alpha value is -0.0800. The number of nitrogens with one attached hydrogen (secondary N) is 1. The molecule has 0 bridgehead atoms. The molecule has 8 heavy (non-hydrogen) atoms. The molecule has 1 atom stereocenters. The van der Waals surface area contributed by atoms with Gasteiger partial charge in [0.15, 0.2) is 0 Å². The molecule has 1 aliphatic heterocycles. The molecule has 1 radical (unpaired) electrons. The minimum absolute atomic E-state index is 0.694. The molecule has 0 spiro atoms. The van der Waals surface area contributed by atoms with Crippen molar-refractivity contribution in [3.05, 3.63) is 0 Å². The smallest absolute Gasteiger partial charge is 0.0288 e. The molecule has 0 aromatic heterocycles. The highest BCUT2D eigenvalue weighted by Crippen LogP contribution is 1.96. The van der Waals surface area contributed by atoms with Crippen molar-refractivity contribution in [1.29, 1.82) is 0 Å². The molecule has 1 saturated heterocycles. The first-order chi connectivity index (χ1) is 3.93. The summed E-state index contributed by atoms with van der Waals surface area (Å²) in [6, 6.07) is 0.694. The summed E-state index contributed by atoms with van der Waals surface area (Å²) in [6.07, 6.45) is 1.24. The van der Waals surface area contributed by atoms with Crippen molar-refractivity contribution in [2.75, 3.05) is 19.6 Å². The third-order valence-corrected chi connectivity index (χ3v) is 1.48.